The Balaban J connectivity index is 1.40. The number of anilines is 2. The Labute approximate surface area is 190 Å². The molecule has 2 heterocycles. The fourth-order valence-electron chi connectivity index (χ4n) is 3.90. The molecule has 7 nitrogen and oxygen atoms in total. The number of rotatable bonds is 7. The van der Waals surface area contributed by atoms with E-state index in [2.05, 4.69) is 21.6 Å². The molecule has 0 radical (unpaired) electrons. The lowest BCUT2D eigenvalue weighted by atomic mass is 10.1. The molecular weight excluding hydrogens is 423 g/mol. The molecule has 2 amide bonds. The van der Waals surface area contributed by atoms with Gasteiger partial charge in [-0.25, -0.2) is 4.39 Å². The van der Waals surface area contributed by atoms with E-state index < -0.39 is 17.3 Å². The van der Waals surface area contributed by atoms with E-state index in [9.17, 15) is 18.8 Å². The lowest BCUT2D eigenvalue weighted by Gasteiger charge is -2.21. The molecule has 33 heavy (non-hydrogen) atoms. The topological polar surface area (TPSA) is 83.4 Å². The first kappa shape index (κ1) is 22.3. The number of para-hydroxylation sites is 1. The number of hydrogen-bond donors (Lipinski definition) is 2. The highest BCUT2D eigenvalue weighted by molar-refractivity contribution is 6.04. The first-order valence-electron chi connectivity index (χ1n) is 10.9. The van der Waals surface area contributed by atoms with Crippen molar-refractivity contribution < 1.29 is 14.0 Å². The number of halogens is 1. The monoisotopic (exact) mass is 448 g/mol. The van der Waals surface area contributed by atoms with Gasteiger partial charge in [0, 0.05) is 37.2 Å². The zero-order chi connectivity index (χ0) is 23.2. The largest absolute Gasteiger partial charge is 0.371 e. The standard InChI is InChI=1S/C25H25FN4O3/c26-19-9-11-20(12-10-19)28-24(32)21-7-5-15-30(25(21)33)17-23(31)27-16-18-6-1-2-8-22(18)29-13-3-4-14-29/h1-2,5-12,15H,3-4,13-14,16-17H2,(H,27,31)(H,28,32). The molecule has 0 saturated carbocycles. The quantitative estimate of drug-likeness (QED) is 0.582. The van der Waals surface area contributed by atoms with Gasteiger partial charge in [-0.15, -0.1) is 0 Å². The van der Waals surface area contributed by atoms with Crippen molar-refractivity contribution in [3.8, 4) is 0 Å². The average Bonchev–Trinajstić information content (AvgIpc) is 3.35. The molecule has 1 aliphatic rings. The van der Waals surface area contributed by atoms with Gasteiger partial charge in [0.05, 0.1) is 0 Å². The van der Waals surface area contributed by atoms with Crippen LogP contribution in [-0.4, -0.2) is 29.5 Å². The maximum atomic E-state index is 13.1. The molecule has 2 N–H and O–H groups in total. The van der Waals surface area contributed by atoms with E-state index in [-0.39, 0.29) is 18.0 Å². The van der Waals surface area contributed by atoms with E-state index in [4.69, 9.17) is 0 Å². The molecule has 1 aliphatic heterocycles. The molecule has 1 saturated heterocycles. The molecule has 8 heteroatoms. The van der Waals surface area contributed by atoms with Gasteiger partial charge in [0.2, 0.25) is 5.91 Å². The smallest absolute Gasteiger partial charge is 0.263 e. The van der Waals surface area contributed by atoms with E-state index in [1.54, 1.807) is 0 Å². The van der Waals surface area contributed by atoms with E-state index in [1.165, 1.54) is 47.2 Å². The summed E-state index contributed by atoms with van der Waals surface area (Å²) in [5.74, 6) is -1.38. The number of pyridine rings is 1. The van der Waals surface area contributed by atoms with Crippen molar-refractivity contribution in [2.45, 2.75) is 25.9 Å². The molecule has 0 atom stereocenters. The SMILES string of the molecule is O=C(Cn1cccc(C(=O)Nc2ccc(F)cc2)c1=O)NCc1ccccc1N1CCCC1. The van der Waals surface area contributed by atoms with Crippen molar-refractivity contribution in [2.75, 3.05) is 23.3 Å². The summed E-state index contributed by atoms with van der Waals surface area (Å²) in [7, 11) is 0. The van der Waals surface area contributed by atoms with Gasteiger partial charge in [-0.2, -0.15) is 0 Å². The van der Waals surface area contributed by atoms with Crippen molar-refractivity contribution in [1.82, 2.24) is 9.88 Å². The van der Waals surface area contributed by atoms with Gasteiger partial charge < -0.3 is 20.1 Å². The summed E-state index contributed by atoms with van der Waals surface area (Å²) in [5.41, 5.74) is 1.82. The number of hydrogen-bond acceptors (Lipinski definition) is 4. The zero-order valence-electron chi connectivity index (χ0n) is 18.1. The van der Waals surface area contributed by atoms with Crippen LogP contribution in [0.25, 0.3) is 0 Å². The van der Waals surface area contributed by atoms with Gasteiger partial charge >= 0.3 is 0 Å². The second-order valence-electron chi connectivity index (χ2n) is 7.92. The highest BCUT2D eigenvalue weighted by atomic mass is 19.1. The van der Waals surface area contributed by atoms with Gasteiger partial charge in [-0.1, -0.05) is 18.2 Å². The van der Waals surface area contributed by atoms with Crippen molar-refractivity contribution >= 4 is 23.2 Å². The third kappa shape index (κ3) is 5.46. The van der Waals surface area contributed by atoms with Crippen molar-refractivity contribution in [3.05, 3.63) is 94.2 Å². The molecule has 3 aromatic rings. The number of benzene rings is 2. The minimum atomic E-state index is -0.624. The van der Waals surface area contributed by atoms with E-state index in [0.29, 0.717) is 12.2 Å². The number of nitrogens with one attached hydrogen (secondary N) is 2. The summed E-state index contributed by atoms with van der Waals surface area (Å²) in [6, 6.07) is 16.1. The third-order valence-corrected chi connectivity index (χ3v) is 5.60. The molecule has 1 aromatic heterocycles. The number of nitrogens with zero attached hydrogens (tertiary/aromatic N) is 2. The Bertz CT molecular complexity index is 1200. The van der Waals surface area contributed by atoms with Gasteiger partial charge in [0.1, 0.15) is 17.9 Å². The maximum Gasteiger partial charge on any atom is 0.263 e. The van der Waals surface area contributed by atoms with Crippen LogP contribution in [0, 0.1) is 5.82 Å². The Kier molecular flexibility index (Phi) is 6.83. The normalized spacial score (nSPS) is 13.1. The van der Waals surface area contributed by atoms with Gasteiger partial charge in [0.15, 0.2) is 0 Å². The zero-order valence-corrected chi connectivity index (χ0v) is 18.1. The minimum absolute atomic E-state index is 0.103. The number of aromatic nitrogens is 1. The highest BCUT2D eigenvalue weighted by Gasteiger charge is 2.17. The average molecular weight is 448 g/mol. The third-order valence-electron chi connectivity index (χ3n) is 5.60. The van der Waals surface area contributed by atoms with E-state index in [1.807, 2.05) is 18.2 Å². The molecule has 0 bridgehead atoms. The summed E-state index contributed by atoms with van der Waals surface area (Å²) in [4.78, 5) is 40.1. The molecule has 0 aliphatic carbocycles. The highest BCUT2D eigenvalue weighted by Crippen LogP contribution is 2.24. The van der Waals surface area contributed by atoms with Crippen LogP contribution in [0.4, 0.5) is 15.8 Å². The second-order valence-corrected chi connectivity index (χ2v) is 7.92. The summed E-state index contributed by atoms with van der Waals surface area (Å²) in [6.07, 6.45) is 3.79. The summed E-state index contributed by atoms with van der Waals surface area (Å²) in [6.45, 7) is 2.16. The Hall–Kier alpha value is -3.94. The molecule has 2 aromatic carbocycles. The van der Waals surface area contributed by atoms with Crippen LogP contribution in [0.5, 0.6) is 0 Å². The van der Waals surface area contributed by atoms with Gasteiger partial charge in [-0.05, 0) is 60.9 Å². The van der Waals surface area contributed by atoms with Crippen LogP contribution in [0.15, 0.2) is 71.7 Å². The van der Waals surface area contributed by atoms with Crippen molar-refractivity contribution in [3.63, 3.8) is 0 Å². The first-order valence-corrected chi connectivity index (χ1v) is 10.9. The predicted molar refractivity (Wildman–Crippen MR) is 125 cm³/mol. The lowest BCUT2D eigenvalue weighted by molar-refractivity contribution is -0.121. The molecular formula is C25H25FN4O3. The van der Waals surface area contributed by atoms with Crippen LogP contribution in [0.2, 0.25) is 0 Å². The molecule has 0 unspecified atom stereocenters. The Morgan fingerprint density at radius 2 is 1.67 bits per heavy atom. The van der Waals surface area contributed by atoms with Crippen LogP contribution in [0.1, 0.15) is 28.8 Å². The van der Waals surface area contributed by atoms with Crippen LogP contribution < -0.4 is 21.1 Å². The van der Waals surface area contributed by atoms with Crippen LogP contribution >= 0.6 is 0 Å². The first-order chi connectivity index (χ1) is 16.0. The predicted octanol–water partition coefficient (Wildman–Crippen LogP) is 3.16. The van der Waals surface area contributed by atoms with Crippen molar-refractivity contribution in [1.29, 1.82) is 0 Å². The van der Waals surface area contributed by atoms with E-state index >= 15 is 0 Å². The molecule has 1 fully saturated rings. The van der Waals surface area contributed by atoms with Crippen LogP contribution in [-0.2, 0) is 17.9 Å². The van der Waals surface area contributed by atoms with E-state index in [0.717, 1.165) is 37.2 Å². The summed E-state index contributed by atoms with van der Waals surface area (Å²) < 4.78 is 14.2. The number of amides is 2. The number of carbonyl (C=O) groups is 2. The fraction of sp³-hybridized carbons (Fsp3) is 0.240. The van der Waals surface area contributed by atoms with Gasteiger partial charge in [0.25, 0.3) is 11.5 Å². The summed E-state index contributed by atoms with van der Waals surface area (Å²) in [5, 5.41) is 5.43. The molecule has 170 valence electrons. The van der Waals surface area contributed by atoms with Crippen LogP contribution in [0.3, 0.4) is 0 Å². The number of carbonyl (C=O) groups excluding carboxylic acids is 2. The van der Waals surface area contributed by atoms with Crippen molar-refractivity contribution in [2.24, 2.45) is 0 Å². The second kappa shape index (κ2) is 10.1. The maximum absolute atomic E-state index is 13.1. The Morgan fingerprint density at radius 1 is 0.939 bits per heavy atom. The molecule has 0 spiro atoms. The summed E-state index contributed by atoms with van der Waals surface area (Å²) >= 11 is 0. The minimum Gasteiger partial charge on any atom is -0.371 e. The van der Waals surface area contributed by atoms with Gasteiger partial charge in [-0.3, -0.25) is 14.4 Å². The Morgan fingerprint density at radius 3 is 2.42 bits per heavy atom. The molecule has 4 rings (SSSR count). The lowest BCUT2D eigenvalue weighted by Crippen LogP contribution is -2.35. The fourth-order valence-corrected chi connectivity index (χ4v) is 3.90.